The molecule has 2 aromatic carbocycles. The summed E-state index contributed by atoms with van der Waals surface area (Å²) in [5.74, 6) is -4.02. The van der Waals surface area contributed by atoms with Crippen molar-refractivity contribution in [2.24, 2.45) is 0 Å². The van der Waals surface area contributed by atoms with Crippen LogP contribution in [0, 0.1) is 0 Å². The van der Waals surface area contributed by atoms with E-state index in [1.807, 2.05) is 19.9 Å². The maximum atomic E-state index is 13.3. The lowest BCUT2D eigenvalue weighted by Gasteiger charge is -2.33. The Balaban J connectivity index is 0.000000301. The molecular weight excluding hydrogens is 480 g/mol. The van der Waals surface area contributed by atoms with Crippen molar-refractivity contribution in [3.63, 3.8) is 0 Å². The van der Waals surface area contributed by atoms with Crippen LogP contribution in [-0.2, 0) is 16.1 Å². The van der Waals surface area contributed by atoms with Gasteiger partial charge in [-0.25, -0.2) is 9.59 Å². The van der Waals surface area contributed by atoms with Crippen molar-refractivity contribution in [1.82, 2.24) is 0 Å². The van der Waals surface area contributed by atoms with Crippen LogP contribution in [0.3, 0.4) is 0 Å². The Morgan fingerprint density at radius 3 is 2.16 bits per heavy atom. The van der Waals surface area contributed by atoms with E-state index in [0.29, 0.717) is 11.3 Å². The number of Topliss-reactive ketones (excluding diaryl/α,β-unsaturated/α-hetero) is 1. The SMILES string of the molecule is CC(C)c1ccc2c(c1)OC1(OC(=O)c3ccco3)c3ccccc3C(=O)C21O.O=C(O)c1ccco1. The zero-order valence-electron chi connectivity index (χ0n) is 19.8. The maximum Gasteiger partial charge on any atom is 0.377 e. The molecule has 3 heterocycles. The average Bonchev–Trinajstić information content (AvgIpc) is 3.67. The highest BCUT2D eigenvalue weighted by molar-refractivity contribution is 6.10. The summed E-state index contributed by atoms with van der Waals surface area (Å²) in [6.07, 6.45) is 2.66. The highest BCUT2D eigenvalue weighted by Crippen LogP contribution is 2.60. The molecule has 1 aliphatic heterocycles. The minimum absolute atomic E-state index is 0.0231. The minimum Gasteiger partial charge on any atom is -0.475 e. The Kier molecular flexibility index (Phi) is 5.72. The summed E-state index contributed by atoms with van der Waals surface area (Å²) in [6, 6.07) is 17.8. The fourth-order valence-corrected chi connectivity index (χ4v) is 4.50. The second-order valence-electron chi connectivity index (χ2n) is 8.86. The number of carboxylic acid groups (broad SMARTS) is 1. The number of esters is 1. The monoisotopic (exact) mass is 502 g/mol. The highest BCUT2D eigenvalue weighted by atomic mass is 16.7. The third-order valence-electron chi connectivity index (χ3n) is 6.34. The Labute approximate surface area is 210 Å². The Morgan fingerprint density at radius 1 is 0.892 bits per heavy atom. The van der Waals surface area contributed by atoms with E-state index in [1.165, 1.54) is 30.7 Å². The standard InChI is InChI=1S/C23H18O6.C5H4O3/c1-13(2)14-9-10-17-19(12-14)28-23(29-21(25)18-8-5-11-27-18)16-7-4-3-6-15(16)20(24)22(17,23)26;6-5(7)4-2-1-3-8-4/h3-13,26H,1-2H3;1-3H,(H,6,7). The van der Waals surface area contributed by atoms with Gasteiger partial charge in [-0.2, -0.15) is 0 Å². The van der Waals surface area contributed by atoms with Gasteiger partial charge in [-0.1, -0.05) is 50.2 Å². The van der Waals surface area contributed by atoms with Crippen molar-refractivity contribution in [1.29, 1.82) is 0 Å². The summed E-state index contributed by atoms with van der Waals surface area (Å²) >= 11 is 0. The lowest BCUT2D eigenvalue weighted by molar-refractivity contribution is -0.225. The van der Waals surface area contributed by atoms with Gasteiger partial charge in [0.1, 0.15) is 5.75 Å². The van der Waals surface area contributed by atoms with Crippen molar-refractivity contribution < 1.29 is 42.9 Å². The Hall–Kier alpha value is -4.63. The lowest BCUT2D eigenvalue weighted by Crippen LogP contribution is -2.51. The molecule has 0 spiro atoms. The predicted octanol–water partition coefficient (Wildman–Crippen LogP) is 4.87. The molecule has 2 N–H and O–H groups in total. The van der Waals surface area contributed by atoms with Gasteiger partial charge in [0, 0.05) is 11.1 Å². The van der Waals surface area contributed by atoms with E-state index in [2.05, 4.69) is 4.42 Å². The topological polar surface area (TPSA) is 136 Å². The molecule has 9 nitrogen and oxygen atoms in total. The molecule has 0 bridgehead atoms. The van der Waals surface area contributed by atoms with Crippen LogP contribution in [0.4, 0.5) is 0 Å². The zero-order chi connectivity index (χ0) is 26.4. The maximum absolute atomic E-state index is 13.3. The van der Waals surface area contributed by atoms with E-state index >= 15 is 0 Å². The average molecular weight is 502 g/mol. The van der Waals surface area contributed by atoms with Crippen molar-refractivity contribution in [2.45, 2.75) is 31.2 Å². The molecule has 0 radical (unpaired) electrons. The van der Waals surface area contributed by atoms with Crippen molar-refractivity contribution in [2.75, 3.05) is 0 Å². The molecule has 2 aromatic heterocycles. The van der Waals surface area contributed by atoms with E-state index in [0.717, 1.165) is 5.56 Å². The van der Waals surface area contributed by atoms with Crippen LogP contribution in [0.15, 0.2) is 88.1 Å². The van der Waals surface area contributed by atoms with Gasteiger partial charge in [0.15, 0.2) is 0 Å². The molecule has 9 heteroatoms. The summed E-state index contributed by atoms with van der Waals surface area (Å²) < 4.78 is 21.5. The van der Waals surface area contributed by atoms with Gasteiger partial charge in [-0.15, -0.1) is 0 Å². The number of furan rings is 2. The second kappa shape index (κ2) is 8.79. The van der Waals surface area contributed by atoms with Gasteiger partial charge in [0.25, 0.3) is 0 Å². The number of rotatable bonds is 4. The number of hydrogen-bond acceptors (Lipinski definition) is 8. The molecule has 1 aliphatic carbocycles. The van der Waals surface area contributed by atoms with Gasteiger partial charge in [-0.05, 0) is 41.8 Å². The number of carbonyl (C=O) groups is 3. The normalized spacial score (nSPS) is 20.8. The number of hydrogen-bond donors (Lipinski definition) is 2. The number of benzene rings is 2. The number of aliphatic hydroxyl groups is 1. The number of aromatic carboxylic acids is 1. The molecular formula is C28H22O9. The zero-order valence-corrected chi connectivity index (χ0v) is 19.8. The number of ketones is 1. The third kappa shape index (κ3) is 3.63. The number of carbonyl (C=O) groups excluding carboxylic acids is 2. The third-order valence-corrected chi connectivity index (χ3v) is 6.34. The largest absolute Gasteiger partial charge is 0.475 e. The van der Waals surface area contributed by atoms with E-state index in [1.54, 1.807) is 42.5 Å². The molecule has 0 saturated heterocycles. The van der Waals surface area contributed by atoms with Crippen LogP contribution in [0.2, 0.25) is 0 Å². The summed E-state index contributed by atoms with van der Waals surface area (Å²) in [4.78, 5) is 36.0. The minimum atomic E-state index is -2.19. The van der Waals surface area contributed by atoms with Crippen molar-refractivity contribution in [3.8, 4) is 5.75 Å². The fraction of sp³-hybridized carbons (Fsp3) is 0.179. The van der Waals surface area contributed by atoms with Gasteiger partial charge in [-0.3, -0.25) is 4.79 Å². The molecule has 0 amide bonds. The molecule has 2 aliphatic rings. The van der Waals surface area contributed by atoms with Crippen LogP contribution in [0.5, 0.6) is 5.75 Å². The Morgan fingerprint density at radius 2 is 1.57 bits per heavy atom. The van der Waals surface area contributed by atoms with Gasteiger partial charge in [0.2, 0.25) is 22.9 Å². The molecule has 2 unspecified atom stereocenters. The molecule has 6 rings (SSSR count). The number of fused-ring (bicyclic) bond motifs is 5. The first-order valence-corrected chi connectivity index (χ1v) is 11.4. The van der Waals surface area contributed by atoms with Gasteiger partial charge >= 0.3 is 17.7 Å². The fourth-order valence-electron chi connectivity index (χ4n) is 4.50. The van der Waals surface area contributed by atoms with Crippen LogP contribution < -0.4 is 4.74 Å². The molecule has 0 saturated carbocycles. The molecule has 188 valence electrons. The van der Waals surface area contributed by atoms with Crippen LogP contribution >= 0.6 is 0 Å². The highest BCUT2D eigenvalue weighted by Gasteiger charge is 2.73. The molecule has 0 fully saturated rings. The molecule has 4 aromatic rings. The van der Waals surface area contributed by atoms with Gasteiger partial charge < -0.3 is 28.5 Å². The van der Waals surface area contributed by atoms with E-state index in [9.17, 15) is 19.5 Å². The summed E-state index contributed by atoms with van der Waals surface area (Å²) in [7, 11) is 0. The molecule has 2 atom stereocenters. The first kappa shape index (κ1) is 24.1. The van der Waals surface area contributed by atoms with Crippen LogP contribution in [-0.4, -0.2) is 27.9 Å². The van der Waals surface area contributed by atoms with Crippen LogP contribution in [0.1, 0.15) is 67.9 Å². The number of ether oxygens (including phenoxy) is 2. The summed E-state index contributed by atoms with van der Waals surface area (Å²) in [5.41, 5.74) is -0.393. The molecule has 37 heavy (non-hydrogen) atoms. The first-order chi connectivity index (χ1) is 17.7. The second-order valence-corrected chi connectivity index (χ2v) is 8.86. The van der Waals surface area contributed by atoms with E-state index in [-0.39, 0.29) is 28.6 Å². The smallest absolute Gasteiger partial charge is 0.377 e. The van der Waals surface area contributed by atoms with E-state index in [4.69, 9.17) is 19.0 Å². The number of carboxylic acids is 1. The van der Waals surface area contributed by atoms with Crippen molar-refractivity contribution >= 4 is 17.7 Å². The summed E-state index contributed by atoms with van der Waals surface area (Å²) in [6.45, 7) is 4.05. The van der Waals surface area contributed by atoms with E-state index < -0.39 is 29.1 Å². The summed E-state index contributed by atoms with van der Waals surface area (Å²) in [5, 5.41) is 19.9. The Bertz CT molecular complexity index is 1480. The van der Waals surface area contributed by atoms with Gasteiger partial charge in [0.05, 0.1) is 18.1 Å². The first-order valence-electron chi connectivity index (χ1n) is 11.4. The van der Waals surface area contributed by atoms with Crippen molar-refractivity contribution in [3.05, 3.63) is 113 Å². The predicted molar refractivity (Wildman–Crippen MR) is 127 cm³/mol. The lowest BCUT2D eigenvalue weighted by atomic mass is 9.86. The quantitative estimate of drug-likeness (QED) is 0.375. The van der Waals surface area contributed by atoms with Crippen LogP contribution in [0.25, 0.3) is 0 Å².